The summed E-state index contributed by atoms with van der Waals surface area (Å²) in [6.45, 7) is -1.89. The molecular weight excluding hydrogens is 514 g/mol. The highest BCUT2D eigenvalue weighted by Crippen LogP contribution is 2.37. The van der Waals surface area contributed by atoms with E-state index in [1.165, 1.54) is 0 Å². The third-order valence-corrected chi connectivity index (χ3v) is 7.47. The molecule has 1 aliphatic rings. The molecule has 1 atom stereocenters. The summed E-state index contributed by atoms with van der Waals surface area (Å²) in [5.41, 5.74) is -1.49. The topological polar surface area (TPSA) is 130 Å². The fraction of sp³-hybridized carbons (Fsp3) is 0.278. The van der Waals surface area contributed by atoms with Gasteiger partial charge in [0, 0.05) is 23.9 Å². The van der Waals surface area contributed by atoms with Gasteiger partial charge in [-0.2, -0.15) is 4.31 Å². The van der Waals surface area contributed by atoms with Crippen LogP contribution in [0, 0.1) is 15.9 Å². The van der Waals surface area contributed by atoms with Crippen LogP contribution in [0.15, 0.2) is 35.2 Å². The van der Waals surface area contributed by atoms with Crippen LogP contribution in [0.5, 0.6) is 0 Å². The molecule has 1 unspecified atom stereocenters. The predicted octanol–water partition coefficient (Wildman–Crippen LogP) is 3.68. The molecule has 15 heteroatoms. The number of carbonyl (C=O) groups is 1. The zero-order valence-corrected chi connectivity index (χ0v) is 18.6. The van der Waals surface area contributed by atoms with Crippen LogP contribution in [0.1, 0.15) is 16.8 Å². The van der Waals surface area contributed by atoms with Gasteiger partial charge >= 0.3 is 0 Å². The Hall–Kier alpha value is -2.45. The number of nitro benzene ring substituents is 1. The van der Waals surface area contributed by atoms with Crippen molar-refractivity contribution in [2.75, 3.05) is 18.4 Å². The van der Waals surface area contributed by atoms with Gasteiger partial charge in [-0.25, -0.2) is 21.6 Å². The third kappa shape index (κ3) is 5.06. The molecule has 1 heterocycles. The first-order valence-electron chi connectivity index (χ1n) is 9.04. The fourth-order valence-corrected chi connectivity index (χ4v) is 5.28. The van der Waals surface area contributed by atoms with Crippen molar-refractivity contribution in [3.05, 3.63) is 61.9 Å². The van der Waals surface area contributed by atoms with E-state index < -0.39 is 79.4 Å². The van der Waals surface area contributed by atoms with Crippen molar-refractivity contribution in [1.29, 1.82) is 0 Å². The van der Waals surface area contributed by atoms with Gasteiger partial charge in [-0.1, -0.05) is 23.2 Å². The lowest BCUT2D eigenvalue weighted by atomic mass is 10.1. The lowest BCUT2D eigenvalue weighted by Gasteiger charge is -2.35. The number of hydrogen-bond donors (Lipinski definition) is 2. The number of amides is 1. The normalized spacial score (nSPS) is 18.7. The average Bonchev–Trinajstić information content (AvgIpc) is 2.72. The van der Waals surface area contributed by atoms with Crippen LogP contribution in [-0.4, -0.2) is 53.8 Å². The van der Waals surface area contributed by atoms with Crippen molar-refractivity contribution in [1.82, 2.24) is 4.31 Å². The van der Waals surface area contributed by atoms with Crippen LogP contribution in [0.4, 0.5) is 24.5 Å². The third-order valence-electron chi connectivity index (χ3n) is 4.80. The van der Waals surface area contributed by atoms with E-state index in [1.807, 2.05) is 0 Å². The summed E-state index contributed by atoms with van der Waals surface area (Å²) in [4.78, 5) is 22.1. The average molecular weight is 528 g/mol. The number of piperidine rings is 1. The Balaban J connectivity index is 2.04. The maximum Gasteiger partial charge on any atom is 0.290 e. The minimum absolute atomic E-state index is 0.00179. The van der Waals surface area contributed by atoms with Crippen LogP contribution < -0.4 is 5.32 Å². The molecule has 2 aromatic carbocycles. The predicted molar refractivity (Wildman–Crippen MR) is 112 cm³/mol. The van der Waals surface area contributed by atoms with Gasteiger partial charge in [0.1, 0.15) is 21.8 Å². The number of alkyl halides is 2. The number of anilines is 1. The van der Waals surface area contributed by atoms with Crippen LogP contribution >= 0.6 is 23.2 Å². The summed E-state index contributed by atoms with van der Waals surface area (Å²) in [6.07, 6.45) is -2.65. The van der Waals surface area contributed by atoms with E-state index >= 15 is 0 Å². The quantitative estimate of drug-likeness (QED) is 0.450. The first kappa shape index (κ1) is 25.2. The largest absolute Gasteiger partial charge is 0.387 e. The Bertz CT molecular complexity index is 1250. The van der Waals surface area contributed by atoms with E-state index in [1.54, 1.807) is 0 Å². The molecule has 2 aromatic rings. The molecule has 0 bridgehead atoms. The SMILES string of the molecule is O=C(Nc1ccc(F)c(Cl)c1)c1cc([N+](=O)[O-])c(Cl)c(S(=O)(=O)N2CCC(O)C(F)(F)C2)c1. The first-order chi connectivity index (χ1) is 15.2. The molecule has 0 saturated carbocycles. The van der Waals surface area contributed by atoms with Gasteiger partial charge in [-0.05, 0) is 30.7 Å². The molecule has 1 fully saturated rings. The Morgan fingerprint density at radius 2 is 1.94 bits per heavy atom. The second-order valence-electron chi connectivity index (χ2n) is 7.05. The second kappa shape index (κ2) is 9.06. The van der Waals surface area contributed by atoms with Crippen LogP contribution in [0.3, 0.4) is 0 Å². The molecule has 0 aromatic heterocycles. The van der Waals surface area contributed by atoms with Crippen molar-refractivity contribution in [2.24, 2.45) is 0 Å². The van der Waals surface area contributed by atoms with Gasteiger partial charge < -0.3 is 10.4 Å². The van der Waals surface area contributed by atoms with Crippen LogP contribution in [0.25, 0.3) is 0 Å². The number of nitrogens with one attached hydrogen (secondary N) is 1. The summed E-state index contributed by atoms with van der Waals surface area (Å²) >= 11 is 11.5. The summed E-state index contributed by atoms with van der Waals surface area (Å²) in [6, 6.07) is 4.55. The first-order valence-corrected chi connectivity index (χ1v) is 11.2. The molecule has 0 spiro atoms. The minimum Gasteiger partial charge on any atom is -0.387 e. The molecular formula is C18H14Cl2F3N3O6S. The van der Waals surface area contributed by atoms with Gasteiger partial charge in [-0.15, -0.1) is 0 Å². The summed E-state index contributed by atoms with van der Waals surface area (Å²) in [5.74, 6) is -5.57. The zero-order valence-electron chi connectivity index (χ0n) is 16.3. The van der Waals surface area contributed by atoms with Crippen molar-refractivity contribution in [3.63, 3.8) is 0 Å². The van der Waals surface area contributed by atoms with E-state index in [2.05, 4.69) is 5.32 Å². The molecule has 1 amide bonds. The maximum absolute atomic E-state index is 13.9. The van der Waals surface area contributed by atoms with Crippen molar-refractivity contribution in [3.8, 4) is 0 Å². The molecule has 0 aliphatic carbocycles. The summed E-state index contributed by atoms with van der Waals surface area (Å²) < 4.78 is 67.5. The highest BCUT2D eigenvalue weighted by Gasteiger charge is 2.48. The molecule has 0 radical (unpaired) electrons. The molecule has 2 N–H and O–H groups in total. The lowest BCUT2D eigenvalue weighted by molar-refractivity contribution is -0.384. The second-order valence-corrected chi connectivity index (χ2v) is 9.74. The number of nitro groups is 1. The van der Waals surface area contributed by atoms with Crippen molar-refractivity contribution in [2.45, 2.75) is 23.3 Å². The Morgan fingerprint density at radius 3 is 2.52 bits per heavy atom. The summed E-state index contributed by atoms with van der Waals surface area (Å²) in [5, 5.41) is 21.9. The molecule has 33 heavy (non-hydrogen) atoms. The molecule has 178 valence electrons. The van der Waals surface area contributed by atoms with E-state index in [4.69, 9.17) is 23.2 Å². The monoisotopic (exact) mass is 527 g/mol. The van der Waals surface area contributed by atoms with Crippen LogP contribution in [-0.2, 0) is 10.0 Å². The van der Waals surface area contributed by atoms with E-state index in [0.29, 0.717) is 16.4 Å². The van der Waals surface area contributed by atoms with Gasteiger partial charge in [0.05, 0.1) is 16.5 Å². The highest BCUT2D eigenvalue weighted by atomic mass is 35.5. The maximum atomic E-state index is 13.9. The van der Waals surface area contributed by atoms with Gasteiger partial charge in [0.2, 0.25) is 10.0 Å². The number of hydrogen-bond acceptors (Lipinski definition) is 6. The highest BCUT2D eigenvalue weighted by molar-refractivity contribution is 7.89. The van der Waals surface area contributed by atoms with E-state index in [0.717, 1.165) is 18.2 Å². The number of carbonyl (C=O) groups excluding carboxylic acids is 1. The van der Waals surface area contributed by atoms with Gasteiger partial charge in [0.25, 0.3) is 17.5 Å². The Morgan fingerprint density at radius 1 is 1.27 bits per heavy atom. The standard InChI is InChI=1S/C18H14Cl2F3N3O6S/c19-11-7-10(1-2-12(11)21)24-17(28)9-5-13(26(29)30)16(20)14(6-9)33(31,32)25-4-3-15(27)18(22,23)8-25/h1-2,5-7,15,27H,3-4,8H2,(H,24,28). The van der Waals surface area contributed by atoms with Crippen molar-refractivity contribution < 1.29 is 36.4 Å². The van der Waals surface area contributed by atoms with Crippen LogP contribution in [0.2, 0.25) is 10.0 Å². The molecule has 3 rings (SSSR count). The number of aliphatic hydroxyl groups is 1. The molecule has 9 nitrogen and oxygen atoms in total. The molecule has 1 aliphatic heterocycles. The zero-order chi connectivity index (χ0) is 24.7. The van der Waals surface area contributed by atoms with Gasteiger partial charge in [-0.3, -0.25) is 14.9 Å². The number of benzene rings is 2. The number of rotatable bonds is 5. The number of nitrogens with zero attached hydrogens (tertiary/aromatic N) is 2. The summed E-state index contributed by atoms with van der Waals surface area (Å²) in [7, 11) is -4.83. The number of halogens is 5. The Kier molecular flexibility index (Phi) is 6.92. The van der Waals surface area contributed by atoms with Gasteiger partial charge in [0.15, 0.2) is 0 Å². The number of aliphatic hydroxyl groups excluding tert-OH is 1. The molecule has 1 saturated heterocycles. The minimum atomic E-state index is -4.83. The van der Waals surface area contributed by atoms with E-state index in [-0.39, 0.29) is 10.7 Å². The lowest BCUT2D eigenvalue weighted by Crippen LogP contribution is -2.53. The van der Waals surface area contributed by atoms with Crippen molar-refractivity contribution >= 4 is 50.5 Å². The number of sulfonamides is 1. The van der Waals surface area contributed by atoms with E-state index in [9.17, 15) is 41.6 Å². The Labute approximate surface area is 194 Å². The fourth-order valence-electron chi connectivity index (χ4n) is 3.05. The smallest absolute Gasteiger partial charge is 0.290 e.